The van der Waals surface area contributed by atoms with Crippen molar-refractivity contribution in [3.8, 4) is 16.9 Å². The first-order valence-electron chi connectivity index (χ1n) is 10.7. The summed E-state index contributed by atoms with van der Waals surface area (Å²) in [6, 6.07) is 14.4. The molecule has 0 aromatic heterocycles. The first-order valence-corrected chi connectivity index (χ1v) is 10.7. The Bertz CT molecular complexity index is 915. The van der Waals surface area contributed by atoms with Crippen molar-refractivity contribution in [2.75, 3.05) is 32.8 Å². The SMILES string of the molecule is O=C(c1cccc(-c2ccc(O[C@H]3O[C@H](CO)[C@@H](O)[C@H](O)[C@@H]3O)cc2)c1)N1CCNCC1. The van der Waals surface area contributed by atoms with Gasteiger partial charge in [0.15, 0.2) is 0 Å². The van der Waals surface area contributed by atoms with Crippen LogP contribution >= 0.6 is 0 Å². The molecule has 2 aromatic rings. The van der Waals surface area contributed by atoms with Crippen LogP contribution in [0.2, 0.25) is 0 Å². The Morgan fingerprint density at radius 2 is 1.72 bits per heavy atom. The largest absolute Gasteiger partial charge is 0.462 e. The molecule has 4 rings (SSSR count). The molecule has 2 heterocycles. The topological polar surface area (TPSA) is 132 Å². The third-order valence-electron chi connectivity index (χ3n) is 5.80. The van der Waals surface area contributed by atoms with E-state index < -0.39 is 37.3 Å². The van der Waals surface area contributed by atoms with Gasteiger partial charge in [-0.15, -0.1) is 0 Å². The van der Waals surface area contributed by atoms with Gasteiger partial charge in [0.2, 0.25) is 6.29 Å². The van der Waals surface area contributed by atoms with Gasteiger partial charge in [0.25, 0.3) is 5.91 Å². The van der Waals surface area contributed by atoms with Crippen LogP contribution in [-0.2, 0) is 4.74 Å². The molecule has 172 valence electrons. The van der Waals surface area contributed by atoms with E-state index in [0.717, 1.165) is 24.2 Å². The van der Waals surface area contributed by atoms with Crippen molar-refractivity contribution in [2.45, 2.75) is 30.7 Å². The van der Waals surface area contributed by atoms with E-state index in [1.807, 2.05) is 41.3 Å². The summed E-state index contributed by atoms with van der Waals surface area (Å²) in [5, 5.41) is 42.4. The Morgan fingerprint density at radius 1 is 1.00 bits per heavy atom. The number of rotatable bonds is 5. The lowest BCUT2D eigenvalue weighted by Gasteiger charge is -2.39. The van der Waals surface area contributed by atoms with Gasteiger partial charge in [0.1, 0.15) is 30.2 Å². The molecule has 9 heteroatoms. The van der Waals surface area contributed by atoms with Crippen molar-refractivity contribution < 1.29 is 34.7 Å². The predicted molar refractivity (Wildman–Crippen MR) is 115 cm³/mol. The first kappa shape index (κ1) is 22.7. The second-order valence-electron chi connectivity index (χ2n) is 7.96. The molecule has 5 N–H and O–H groups in total. The number of carbonyl (C=O) groups is 1. The molecule has 0 radical (unpaired) electrons. The molecule has 2 saturated heterocycles. The average molecular weight is 444 g/mol. The molecule has 5 atom stereocenters. The van der Waals surface area contributed by atoms with E-state index in [4.69, 9.17) is 9.47 Å². The summed E-state index contributed by atoms with van der Waals surface area (Å²) >= 11 is 0. The Kier molecular flexibility index (Phi) is 7.04. The molecule has 2 fully saturated rings. The second kappa shape index (κ2) is 9.95. The fourth-order valence-corrected chi connectivity index (χ4v) is 3.91. The predicted octanol–water partition coefficient (Wildman–Crippen LogP) is -0.422. The number of amides is 1. The fraction of sp³-hybridized carbons (Fsp3) is 0.435. The third kappa shape index (κ3) is 4.78. The van der Waals surface area contributed by atoms with Crippen LogP contribution in [0, 0.1) is 0 Å². The minimum Gasteiger partial charge on any atom is -0.462 e. The zero-order valence-electron chi connectivity index (χ0n) is 17.5. The lowest BCUT2D eigenvalue weighted by molar-refractivity contribution is -0.277. The number of piperazine rings is 1. The number of nitrogens with zero attached hydrogens (tertiary/aromatic N) is 1. The van der Waals surface area contributed by atoms with Crippen LogP contribution < -0.4 is 10.1 Å². The Morgan fingerprint density at radius 3 is 2.41 bits per heavy atom. The monoisotopic (exact) mass is 444 g/mol. The van der Waals surface area contributed by atoms with Crippen molar-refractivity contribution in [2.24, 2.45) is 0 Å². The zero-order valence-corrected chi connectivity index (χ0v) is 17.5. The maximum absolute atomic E-state index is 12.8. The summed E-state index contributed by atoms with van der Waals surface area (Å²) in [6.07, 6.45) is -6.68. The number of hydrogen-bond acceptors (Lipinski definition) is 8. The molecule has 2 aromatic carbocycles. The second-order valence-corrected chi connectivity index (χ2v) is 7.96. The fourth-order valence-electron chi connectivity index (χ4n) is 3.91. The van der Waals surface area contributed by atoms with Crippen LogP contribution in [0.15, 0.2) is 48.5 Å². The molecular formula is C23H28N2O7. The highest BCUT2D eigenvalue weighted by Gasteiger charge is 2.44. The van der Waals surface area contributed by atoms with Crippen molar-refractivity contribution in [1.29, 1.82) is 0 Å². The third-order valence-corrected chi connectivity index (χ3v) is 5.80. The molecular weight excluding hydrogens is 416 g/mol. The van der Waals surface area contributed by atoms with Crippen molar-refractivity contribution in [3.05, 3.63) is 54.1 Å². The maximum atomic E-state index is 12.8. The molecule has 0 spiro atoms. The van der Waals surface area contributed by atoms with Crippen molar-refractivity contribution in [3.63, 3.8) is 0 Å². The Balaban J connectivity index is 1.45. The number of carbonyl (C=O) groups excluding carboxylic acids is 1. The number of nitrogens with one attached hydrogen (secondary N) is 1. The highest BCUT2D eigenvalue weighted by Crippen LogP contribution is 2.27. The van der Waals surface area contributed by atoms with E-state index in [9.17, 15) is 25.2 Å². The number of benzene rings is 2. The zero-order chi connectivity index (χ0) is 22.7. The molecule has 0 unspecified atom stereocenters. The van der Waals surface area contributed by atoms with Gasteiger partial charge in [-0.05, 0) is 35.4 Å². The summed E-state index contributed by atoms with van der Waals surface area (Å²) in [4.78, 5) is 14.6. The van der Waals surface area contributed by atoms with Gasteiger partial charge in [-0.3, -0.25) is 4.79 Å². The van der Waals surface area contributed by atoms with Crippen LogP contribution in [0.1, 0.15) is 10.4 Å². The lowest BCUT2D eigenvalue weighted by atomic mass is 9.99. The van der Waals surface area contributed by atoms with Gasteiger partial charge in [-0.1, -0.05) is 24.3 Å². The molecule has 1 amide bonds. The smallest absolute Gasteiger partial charge is 0.253 e. The van der Waals surface area contributed by atoms with Gasteiger partial charge in [-0.2, -0.15) is 0 Å². The van der Waals surface area contributed by atoms with Crippen LogP contribution in [0.3, 0.4) is 0 Å². The summed E-state index contributed by atoms with van der Waals surface area (Å²) in [7, 11) is 0. The summed E-state index contributed by atoms with van der Waals surface area (Å²) < 4.78 is 11.0. The normalized spacial score (nSPS) is 28.4. The minimum absolute atomic E-state index is 0.0101. The Labute approximate surface area is 185 Å². The first-order chi connectivity index (χ1) is 15.5. The molecule has 32 heavy (non-hydrogen) atoms. The summed E-state index contributed by atoms with van der Waals surface area (Å²) in [5.74, 6) is 0.391. The minimum atomic E-state index is -1.50. The van der Waals surface area contributed by atoms with E-state index in [2.05, 4.69) is 5.32 Å². The maximum Gasteiger partial charge on any atom is 0.253 e. The van der Waals surface area contributed by atoms with E-state index in [0.29, 0.717) is 24.4 Å². The average Bonchev–Trinajstić information content (AvgIpc) is 2.85. The van der Waals surface area contributed by atoms with Crippen LogP contribution in [-0.4, -0.2) is 94.7 Å². The molecule has 0 saturated carbocycles. The molecule has 2 aliphatic rings. The quantitative estimate of drug-likeness (QED) is 0.420. The lowest BCUT2D eigenvalue weighted by Crippen LogP contribution is -2.60. The van der Waals surface area contributed by atoms with Crippen LogP contribution in [0.25, 0.3) is 11.1 Å². The van der Waals surface area contributed by atoms with Crippen LogP contribution in [0.5, 0.6) is 5.75 Å². The van der Waals surface area contributed by atoms with Crippen molar-refractivity contribution in [1.82, 2.24) is 10.2 Å². The molecule has 0 bridgehead atoms. The van der Waals surface area contributed by atoms with Crippen molar-refractivity contribution >= 4 is 5.91 Å². The molecule has 0 aliphatic carbocycles. The summed E-state index contributed by atoms with van der Waals surface area (Å²) in [5.41, 5.74) is 2.39. The van der Waals surface area contributed by atoms with E-state index in [1.54, 1.807) is 12.1 Å². The van der Waals surface area contributed by atoms with Gasteiger partial charge in [0.05, 0.1) is 6.61 Å². The molecule has 2 aliphatic heterocycles. The van der Waals surface area contributed by atoms with Gasteiger partial charge in [0, 0.05) is 31.7 Å². The van der Waals surface area contributed by atoms with Gasteiger partial charge < -0.3 is 40.1 Å². The van der Waals surface area contributed by atoms with Gasteiger partial charge >= 0.3 is 0 Å². The van der Waals surface area contributed by atoms with Gasteiger partial charge in [-0.25, -0.2) is 0 Å². The number of hydrogen-bond donors (Lipinski definition) is 5. The standard InChI is InChI=1S/C23H28N2O7/c26-13-18-19(27)20(28)21(29)23(32-18)31-17-6-4-14(5-7-17)15-2-1-3-16(12-15)22(30)25-10-8-24-9-11-25/h1-7,12,18-21,23-24,26-29H,8-11,13H2/t18-,19-,20+,21+,23+/m1/s1. The number of ether oxygens (including phenoxy) is 2. The van der Waals surface area contributed by atoms with E-state index >= 15 is 0 Å². The van der Waals surface area contributed by atoms with E-state index in [1.165, 1.54) is 0 Å². The highest BCUT2D eigenvalue weighted by molar-refractivity contribution is 5.95. The number of aliphatic hydroxyl groups is 4. The van der Waals surface area contributed by atoms with Crippen LogP contribution in [0.4, 0.5) is 0 Å². The Hall–Kier alpha value is -2.53. The molecule has 9 nitrogen and oxygen atoms in total. The number of aliphatic hydroxyl groups excluding tert-OH is 4. The van der Waals surface area contributed by atoms with E-state index in [-0.39, 0.29) is 5.91 Å². The summed E-state index contributed by atoms with van der Waals surface area (Å²) in [6.45, 7) is 2.44. The highest BCUT2D eigenvalue weighted by atomic mass is 16.7.